The van der Waals surface area contributed by atoms with E-state index in [1.54, 1.807) is 23.4 Å². The van der Waals surface area contributed by atoms with E-state index in [1.807, 2.05) is 24.3 Å². The molecule has 1 aromatic carbocycles. The summed E-state index contributed by atoms with van der Waals surface area (Å²) in [5.74, 6) is 0.662. The zero-order chi connectivity index (χ0) is 24.2. The summed E-state index contributed by atoms with van der Waals surface area (Å²) in [6.45, 7) is 4.05. The van der Waals surface area contributed by atoms with Crippen molar-refractivity contribution in [2.45, 2.75) is 39.0 Å². The van der Waals surface area contributed by atoms with Crippen molar-refractivity contribution in [2.75, 3.05) is 24.5 Å². The maximum atomic E-state index is 13.3. The molecule has 176 valence electrons. The van der Waals surface area contributed by atoms with Crippen molar-refractivity contribution in [3.8, 4) is 6.07 Å². The molecule has 34 heavy (non-hydrogen) atoms. The molecule has 0 spiro atoms. The van der Waals surface area contributed by atoms with Crippen molar-refractivity contribution >= 4 is 46.1 Å². The highest BCUT2D eigenvalue weighted by Gasteiger charge is 2.33. The molecular formula is C26H28N4O2S2. The number of hydrogen-bond acceptors (Lipinski definition) is 6. The second-order valence-electron chi connectivity index (χ2n) is 8.68. The molecule has 8 heteroatoms. The lowest BCUT2D eigenvalue weighted by atomic mass is 10.0. The first kappa shape index (κ1) is 24.2. The number of amides is 1. The number of pyridine rings is 1. The lowest BCUT2D eigenvalue weighted by Crippen LogP contribution is -2.36. The monoisotopic (exact) mass is 492 g/mol. The number of thiocarbonyl (C=S) groups is 1. The van der Waals surface area contributed by atoms with Crippen LogP contribution in [0.5, 0.6) is 0 Å². The normalized spacial score (nSPS) is 17.5. The van der Waals surface area contributed by atoms with Gasteiger partial charge < -0.3 is 4.90 Å². The molecule has 1 aromatic heterocycles. The molecule has 2 saturated heterocycles. The van der Waals surface area contributed by atoms with E-state index in [0.717, 1.165) is 56.6 Å². The van der Waals surface area contributed by atoms with Crippen LogP contribution in [0.2, 0.25) is 0 Å². The third kappa shape index (κ3) is 4.82. The third-order valence-corrected chi connectivity index (χ3v) is 7.84. The molecule has 0 N–H and O–H groups in total. The van der Waals surface area contributed by atoms with Gasteiger partial charge in [0.15, 0.2) is 0 Å². The molecule has 0 saturated carbocycles. The Kier molecular flexibility index (Phi) is 7.54. The van der Waals surface area contributed by atoms with E-state index in [9.17, 15) is 14.9 Å². The van der Waals surface area contributed by atoms with Gasteiger partial charge in [0.1, 0.15) is 21.8 Å². The quantitative estimate of drug-likeness (QED) is 0.440. The molecule has 2 aliphatic rings. The Morgan fingerprint density at radius 2 is 1.85 bits per heavy atom. The van der Waals surface area contributed by atoms with Crippen LogP contribution in [0.25, 0.3) is 6.08 Å². The maximum Gasteiger partial charge on any atom is 0.270 e. The van der Waals surface area contributed by atoms with E-state index in [-0.39, 0.29) is 17.0 Å². The summed E-state index contributed by atoms with van der Waals surface area (Å²) in [7, 11) is 1.71. The van der Waals surface area contributed by atoms with Crippen LogP contribution in [0, 0.1) is 18.3 Å². The highest BCUT2D eigenvalue weighted by molar-refractivity contribution is 8.26. The van der Waals surface area contributed by atoms with Gasteiger partial charge in [-0.3, -0.25) is 19.1 Å². The summed E-state index contributed by atoms with van der Waals surface area (Å²) in [6.07, 6.45) is 6.79. The van der Waals surface area contributed by atoms with Crippen LogP contribution in [-0.2, 0) is 18.3 Å². The zero-order valence-corrected chi connectivity index (χ0v) is 21.2. The fraction of sp³-hybridized carbons (Fsp3) is 0.385. The smallest absolute Gasteiger partial charge is 0.270 e. The molecule has 0 unspecified atom stereocenters. The van der Waals surface area contributed by atoms with E-state index < -0.39 is 0 Å². The Hall–Kier alpha value is -2.89. The molecule has 0 bridgehead atoms. The second kappa shape index (κ2) is 10.6. The molecule has 2 fully saturated rings. The highest BCUT2D eigenvalue weighted by Crippen LogP contribution is 2.36. The number of aryl methyl sites for hydroxylation is 1. The number of hydrogen-bond donors (Lipinski definition) is 0. The number of aromatic nitrogens is 1. The summed E-state index contributed by atoms with van der Waals surface area (Å²) >= 11 is 6.83. The summed E-state index contributed by atoms with van der Waals surface area (Å²) in [5, 5.41) is 9.64. The topological polar surface area (TPSA) is 69.3 Å². The van der Waals surface area contributed by atoms with Crippen LogP contribution in [0.4, 0.5) is 5.82 Å². The first-order chi connectivity index (χ1) is 16.4. The van der Waals surface area contributed by atoms with Crippen molar-refractivity contribution in [2.24, 2.45) is 7.05 Å². The summed E-state index contributed by atoms with van der Waals surface area (Å²) in [4.78, 5) is 30.5. The highest BCUT2D eigenvalue weighted by atomic mass is 32.2. The Bertz CT molecular complexity index is 1240. The molecular weight excluding hydrogens is 464 g/mol. The maximum absolute atomic E-state index is 13.3. The van der Waals surface area contributed by atoms with Gasteiger partial charge in [-0.2, -0.15) is 5.26 Å². The van der Waals surface area contributed by atoms with Gasteiger partial charge in [0.25, 0.3) is 11.5 Å². The van der Waals surface area contributed by atoms with Gasteiger partial charge in [-0.15, -0.1) is 0 Å². The second-order valence-corrected chi connectivity index (χ2v) is 10.4. The zero-order valence-electron chi connectivity index (χ0n) is 19.5. The number of carbonyl (C=O) groups is 1. The molecule has 4 rings (SSSR count). The lowest BCUT2D eigenvalue weighted by molar-refractivity contribution is -0.122. The van der Waals surface area contributed by atoms with Gasteiger partial charge in [0.2, 0.25) is 0 Å². The number of thioether (sulfide) groups is 1. The molecule has 3 heterocycles. The molecule has 2 aromatic rings. The van der Waals surface area contributed by atoms with Crippen molar-refractivity contribution in [1.29, 1.82) is 5.26 Å². The van der Waals surface area contributed by atoms with Crippen molar-refractivity contribution in [3.05, 3.63) is 67.8 Å². The Morgan fingerprint density at radius 1 is 1.15 bits per heavy atom. The van der Waals surface area contributed by atoms with Gasteiger partial charge in [-0.25, -0.2) is 0 Å². The predicted octanol–water partition coefficient (Wildman–Crippen LogP) is 4.39. The van der Waals surface area contributed by atoms with Gasteiger partial charge >= 0.3 is 0 Å². The average molecular weight is 493 g/mol. The largest absolute Gasteiger partial charge is 0.357 e. The van der Waals surface area contributed by atoms with Gasteiger partial charge in [0, 0.05) is 32.2 Å². The SMILES string of the molecule is Cc1c(C=C2SC(=S)N(CCCc3ccccc3)C2=O)c(N2CCCCC2)n(C)c(=O)c1C#N. The number of nitrogens with zero attached hydrogens (tertiary/aromatic N) is 4. The summed E-state index contributed by atoms with van der Waals surface area (Å²) in [6, 6.07) is 12.3. The first-order valence-corrected chi connectivity index (χ1v) is 12.8. The predicted molar refractivity (Wildman–Crippen MR) is 142 cm³/mol. The molecule has 2 aliphatic heterocycles. The van der Waals surface area contributed by atoms with Crippen LogP contribution in [0.3, 0.4) is 0 Å². The summed E-state index contributed by atoms with van der Waals surface area (Å²) in [5.41, 5.74) is 2.42. The standard InChI is InChI=1S/C26H28N4O2S2/c1-18-20(23(29-13-7-4-8-14-29)28(2)24(31)21(18)17-27)16-22-25(32)30(26(33)34-22)15-9-12-19-10-5-3-6-11-19/h3,5-6,10-11,16H,4,7-9,12-15H2,1-2H3. The van der Waals surface area contributed by atoms with Crippen molar-refractivity contribution in [3.63, 3.8) is 0 Å². The minimum atomic E-state index is -0.300. The number of anilines is 1. The molecule has 0 atom stereocenters. The van der Waals surface area contributed by atoms with E-state index >= 15 is 0 Å². The van der Waals surface area contributed by atoms with E-state index in [0.29, 0.717) is 21.3 Å². The average Bonchev–Trinajstić information content (AvgIpc) is 3.11. The van der Waals surface area contributed by atoms with Crippen LogP contribution < -0.4 is 10.5 Å². The first-order valence-electron chi connectivity index (χ1n) is 11.6. The number of nitriles is 1. The number of piperidine rings is 1. The van der Waals surface area contributed by atoms with Crippen molar-refractivity contribution < 1.29 is 4.79 Å². The summed E-state index contributed by atoms with van der Waals surface area (Å²) < 4.78 is 2.11. The minimum absolute atomic E-state index is 0.112. The fourth-order valence-corrected chi connectivity index (χ4v) is 5.90. The van der Waals surface area contributed by atoms with Gasteiger partial charge in [-0.05, 0) is 56.2 Å². The number of rotatable bonds is 6. The van der Waals surface area contributed by atoms with Crippen LogP contribution >= 0.6 is 24.0 Å². The minimum Gasteiger partial charge on any atom is -0.357 e. The molecule has 6 nitrogen and oxygen atoms in total. The Morgan fingerprint density at radius 3 is 2.53 bits per heavy atom. The van der Waals surface area contributed by atoms with Crippen LogP contribution in [0.15, 0.2) is 40.0 Å². The number of benzene rings is 1. The van der Waals surface area contributed by atoms with Crippen LogP contribution in [-0.4, -0.2) is 39.3 Å². The third-order valence-electron chi connectivity index (χ3n) is 6.46. The van der Waals surface area contributed by atoms with Crippen molar-refractivity contribution in [1.82, 2.24) is 9.47 Å². The van der Waals surface area contributed by atoms with Gasteiger partial charge in [0.05, 0.1) is 4.91 Å². The number of carbonyl (C=O) groups excluding carboxylic acids is 1. The molecule has 0 aliphatic carbocycles. The van der Waals surface area contributed by atoms with E-state index in [2.05, 4.69) is 23.1 Å². The molecule has 1 amide bonds. The van der Waals surface area contributed by atoms with Gasteiger partial charge in [-0.1, -0.05) is 54.3 Å². The van der Waals surface area contributed by atoms with Crippen LogP contribution in [0.1, 0.15) is 47.9 Å². The fourth-order valence-electron chi connectivity index (χ4n) is 4.61. The lowest BCUT2D eigenvalue weighted by Gasteiger charge is -2.32. The van der Waals surface area contributed by atoms with E-state index in [1.165, 1.54) is 17.3 Å². The van der Waals surface area contributed by atoms with E-state index in [4.69, 9.17) is 12.2 Å². The Labute approximate surface area is 209 Å². The Balaban J connectivity index is 1.64. The molecule has 0 radical (unpaired) electrons.